The molecule has 2 fully saturated rings. The Balaban J connectivity index is 2.11. The summed E-state index contributed by atoms with van der Waals surface area (Å²) in [5, 5.41) is 3.90. The maximum atomic E-state index is 13.0. The van der Waals surface area contributed by atoms with E-state index in [0.717, 1.165) is 11.3 Å². The second-order valence-electron chi connectivity index (χ2n) is 6.64. The third-order valence-electron chi connectivity index (χ3n) is 5.37. The zero-order chi connectivity index (χ0) is 18.2. The molecule has 2 aliphatic rings. The van der Waals surface area contributed by atoms with Crippen LogP contribution in [0.5, 0.6) is 0 Å². The summed E-state index contributed by atoms with van der Waals surface area (Å²) in [5.41, 5.74) is -1.01. The second-order valence-corrected chi connectivity index (χ2v) is 7.62. The number of imide groups is 1. The van der Waals surface area contributed by atoms with Crippen molar-refractivity contribution in [1.29, 1.82) is 0 Å². The Morgan fingerprint density at radius 3 is 2.64 bits per heavy atom. The minimum absolute atomic E-state index is 0.158. The number of thiophene rings is 1. The quantitative estimate of drug-likeness (QED) is 0.604. The standard InChI is InChI=1S/C18H24N2O4S/c1-4-9-18(17(23)24-6-3)13-12(15(21)20(5-2)16(13)22)14(19-18)11-8-7-10-25-11/h7-8,10,12-14,19H,4-6,9H2,1-3H3/p+1/t12-,13+,14-,18-/m0/s1. The first-order valence-electron chi connectivity index (χ1n) is 8.93. The minimum Gasteiger partial charge on any atom is -0.461 e. The van der Waals surface area contributed by atoms with Crippen LogP contribution in [0.25, 0.3) is 0 Å². The van der Waals surface area contributed by atoms with Gasteiger partial charge in [0.1, 0.15) is 17.9 Å². The number of likely N-dealkylation sites (tertiary alicyclic amines) is 1. The van der Waals surface area contributed by atoms with Gasteiger partial charge in [-0.25, -0.2) is 4.79 Å². The SMILES string of the molecule is CCC[C@]1(C(=O)OCC)[NH2+][C@@H](c2cccs2)[C@H]2C(=O)N(CC)C(=O)[C@@H]21. The average molecular weight is 365 g/mol. The Morgan fingerprint density at radius 2 is 2.08 bits per heavy atom. The largest absolute Gasteiger partial charge is 0.461 e. The lowest BCUT2D eigenvalue weighted by molar-refractivity contribution is -0.734. The zero-order valence-corrected chi connectivity index (χ0v) is 15.7. The van der Waals surface area contributed by atoms with Crippen molar-refractivity contribution in [2.45, 2.75) is 45.2 Å². The van der Waals surface area contributed by atoms with Gasteiger partial charge in [0.2, 0.25) is 17.4 Å². The van der Waals surface area contributed by atoms with E-state index in [1.54, 1.807) is 25.2 Å². The molecular formula is C18H25N2O4S+. The molecule has 2 saturated heterocycles. The maximum Gasteiger partial charge on any atom is 0.368 e. The highest BCUT2D eigenvalue weighted by atomic mass is 32.1. The highest BCUT2D eigenvalue weighted by Gasteiger charge is 2.72. The predicted molar refractivity (Wildman–Crippen MR) is 92.6 cm³/mol. The molecule has 25 heavy (non-hydrogen) atoms. The van der Waals surface area contributed by atoms with Gasteiger partial charge in [-0.3, -0.25) is 14.5 Å². The van der Waals surface area contributed by atoms with Crippen LogP contribution in [0, 0.1) is 11.8 Å². The number of ether oxygens (including phenoxy) is 1. The van der Waals surface area contributed by atoms with Gasteiger partial charge < -0.3 is 10.1 Å². The van der Waals surface area contributed by atoms with E-state index in [0.29, 0.717) is 13.0 Å². The molecule has 0 radical (unpaired) electrons. The van der Waals surface area contributed by atoms with Gasteiger partial charge in [0, 0.05) is 13.0 Å². The number of amides is 2. The first-order chi connectivity index (χ1) is 12.0. The summed E-state index contributed by atoms with van der Waals surface area (Å²) in [7, 11) is 0. The van der Waals surface area contributed by atoms with E-state index in [9.17, 15) is 14.4 Å². The molecule has 0 aliphatic carbocycles. The molecule has 2 amide bonds. The normalized spacial score (nSPS) is 31.5. The van der Waals surface area contributed by atoms with Gasteiger partial charge >= 0.3 is 5.97 Å². The number of carbonyl (C=O) groups is 3. The fraction of sp³-hybridized carbons (Fsp3) is 0.611. The van der Waals surface area contributed by atoms with Gasteiger partial charge in [0.15, 0.2) is 0 Å². The van der Waals surface area contributed by atoms with Crippen LogP contribution in [0.4, 0.5) is 0 Å². The molecular weight excluding hydrogens is 340 g/mol. The third kappa shape index (κ3) is 2.60. The van der Waals surface area contributed by atoms with Gasteiger partial charge in [-0.05, 0) is 31.7 Å². The molecule has 2 N–H and O–H groups in total. The predicted octanol–water partition coefficient (Wildman–Crippen LogP) is 1.09. The van der Waals surface area contributed by atoms with Crippen molar-refractivity contribution in [2.24, 2.45) is 11.8 Å². The van der Waals surface area contributed by atoms with E-state index < -0.39 is 17.4 Å². The molecule has 6 nitrogen and oxygen atoms in total. The van der Waals surface area contributed by atoms with Crippen LogP contribution in [0.2, 0.25) is 0 Å². The van der Waals surface area contributed by atoms with Crippen LogP contribution in [0.15, 0.2) is 17.5 Å². The highest BCUT2D eigenvalue weighted by Crippen LogP contribution is 2.46. The van der Waals surface area contributed by atoms with Crippen molar-refractivity contribution in [3.8, 4) is 0 Å². The molecule has 0 bridgehead atoms. The number of quaternary nitrogens is 1. The number of nitrogens with two attached hydrogens (primary N) is 1. The topological polar surface area (TPSA) is 80.3 Å². The van der Waals surface area contributed by atoms with Crippen molar-refractivity contribution < 1.29 is 24.4 Å². The first-order valence-corrected chi connectivity index (χ1v) is 9.81. The van der Waals surface area contributed by atoms with Crippen LogP contribution in [-0.2, 0) is 19.1 Å². The molecule has 4 atom stereocenters. The second kappa shape index (κ2) is 6.88. The van der Waals surface area contributed by atoms with Crippen LogP contribution < -0.4 is 5.32 Å². The molecule has 0 unspecified atom stereocenters. The van der Waals surface area contributed by atoms with Crippen molar-refractivity contribution in [2.75, 3.05) is 13.2 Å². The number of hydrogen-bond donors (Lipinski definition) is 1. The average Bonchev–Trinajstić information content (AvgIpc) is 3.26. The smallest absolute Gasteiger partial charge is 0.368 e. The lowest BCUT2D eigenvalue weighted by Gasteiger charge is -2.29. The van der Waals surface area contributed by atoms with E-state index >= 15 is 0 Å². The summed E-state index contributed by atoms with van der Waals surface area (Å²) >= 11 is 1.56. The Bertz CT molecular complexity index is 675. The minimum atomic E-state index is -1.01. The van der Waals surface area contributed by atoms with Crippen LogP contribution in [-0.4, -0.2) is 41.4 Å². The number of rotatable bonds is 6. The number of nitrogens with zero attached hydrogens (tertiary/aromatic N) is 1. The van der Waals surface area contributed by atoms with Gasteiger partial charge in [0.25, 0.3) is 0 Å². The molecule has 0 saturated carbocycles. The summed E-state index contributed by atoms with van der Waals surface area (Å²) in [4.78, 5) is 41.2. The highest BCUT2D eigenvalue weighted by molar-refractivity contribution is 7.10. The summed E-state index contributed by atoms with van der Waals surface area (Å²) < 4.78 is 5.36. The van der Waals surface area contributed by atoms with E-state index in [1.165, 1.54) is 4.90 Å². The lowest BCUT2D eigenvalue weighted by atomic mass is 9.77. The van der Waals surface area contributed by atoms with Gasteiger partial charge in [-0.1, -0.05) is 13.0 Å². The molecule has 7 heteroatoms. The fourth-order valence-corrected chi connectivity index (χ4v) is 5.29. The van der Waals surface area contributed by atoms with E-state index in [4.69, 9.17) is 4.74 Å². The summed E-state index contributed by atoms with van der Waals surface area (Å²) in [6.45, 7) is 6.15. The van der Waals surface area contributed by atoms with Crippen molar-refractivity contribution in [3.63, 3.8) is 0 Å². The molecule has 0 spiro atoms. The Morgan fingerprint density at radius 1 is 1.32 bits per heavy atom. The molecule has 3 rings (SSSR count). The van der Waals surface area contributed by atoms with E-state index in [1.807, 2.05) is 29.8 Å². The molecule has 136 valence electrons. The van der Waals surface area contributed by atoms with Crippen molar-refractivity contribution in [1.82, 2.24) is 4.90 Å². The lowest BCUT2D eigenvalue weighted by Crippen LogP contribution is -2.98. The van der Waals surface area contributed by atoms with Crippen LogP contribution in [0.3, 0.4) is 0 Å². The Hall–Kier alpha value is -1.73. The molecule has 2 aliphatic heterocycles. The molecule has 0 aromatic carbocycles. The molecule has 1 aromatic rings. The van der Waals surface area contributed by atoms with Gasteiger partial charge in [0.05, 0.1) is 11.5 Å². The van der Waals surface area contributed by atoms with E-state index in [-0.39, 0.29) is 30.4 Å². The van der Waals surface area contributed by atoms with E-state index in [2.05, 4.69) is 0 Å². The number of esters is 1. The Labute approximate surface area is 151 Å². The van der Waals surface area contributed by atoms with Gasteiger partial charge in [-0.2, -0.15) is 0 Å². The zero-order valence-electron chi connectivity index (χ0n) is 14.9. The summed E-state index contributed by atoms with van der Waals surface area (Å²) in [6.07, 6.45) is 1.26. The van der Waals surface area contributed by atoms with Crippen molar-refractivity contribution >= 4 is 29.1 Å². The number of hydrogen-bond acceptors (Lipinski definition) is 5. The fourth-order valence-electron chi connectivity index (χ4n) is 4.45. The number of carbonyl (C=O) groups excluding carboxylic acids is 3. The van der Waals surface area contributed by atoms with Gasteiger partial charge in [-0.15, -0.1) is 11.3 Å². The number of fused-ring (bicyclic) bond motifs is 1. The monoisotopic (exact) mass is 365 g/mol. The van der Waals surface area contributed by atoms with Crippen molar-refractivity contribution in [3.05, 3.63) is 22.4 Å². The summed E-state index contributed by atoms with van der Waals surface area (Å²) in [6, 6.07) is 3.70. The summed E-state index contributed by atoms with van der Waals surface area (Å²) in [5.74, 6) is -1.90. The molecule has 3 heterocycles. The molecule has 1 aromatic heterocycles. The Kier molecular flexibility index (Phi) is 4.97. The van der Waals surface area contributed by atoms with Crippen LogP contribution in [0.1, 0.15) is 44.5 Å². The maximum absolute atomic E-state index is 13.0. The first kappa shape index (κ1) is 18.1. The van der Waals surface area contributed by atoms with Crippen LogP contribution >= 0.6 is 11.3 Å². The third-order valence-corrected chi connectivity index (χ3v) is 6.34.